The van der Waals surface area contributed by atoms with Gasteiger partial charge >= 0.3 is 0 Å². The zero-order chi connectivity index (χ0) is 14.4. The van der Waals surface area contributed by atoms with Crippen molar-refractivity contribution >= 4 is 5.91 Å². The lowest BCUT2D eigenvalue weighted by Crippen LogP contribution is -2.26. The van der Waals surface area contributed by atoms with Gasteiger partial charge < -0.3 is 10.6 Å². The average molecular weight is 269 g/mol. The number of nitrogens with zero attached hydrogens (tertiary/aromatic N) is 3. The van der Waals surface area contributed by atoms with E-state index in [1.54, 1.807) is 11.9 Å². The van der Waals surface area contributed by atoms with Crippen molar-refractivity contribution in [2.24, 2.45) is 5.73 Å². The second-order valence-electron chi connectivity index (χ2n) is 4.18. The van der Waals surface area contributed by atoms with Gasteiger partial charge in [0.1, 0.15) is 0 Å². The minimum absolute atomic E-state index is 0.194. The second-order valence-corrected chi connectivity index (χ2v) is 4.18. The van der Waals surface area contributed by atoms with Gasteiger partial charge in [-0.15, -0.1) is 0 Å². The smallest absolute Gasteiger partial charge is 0.276 e. The molecule has 0 atom stereocenters. The fourth-order valence-electron chi connectivity index (χ4n) is 1.75. The normalized spacial score (nSPS) is 9.70. The van der Waals surface area contributed by atoms with Gasteiger partial charge in [0.05, 0.1) is 12.7 Å². The second kappa shape index (κ2) is 6.50. The Bertz CT molecular complexity index is 639. The maximum absolute atomic E-state index is 12.1. The van der Waals surface area contributed by atoms with E-state index in [1.807, 2.05) is 24.3 Å². The lowest BCUT2D eigenvalue weighted by atomic mass is 10.1. The molecule has 6 nitrogen and oxygen atoms in total. The number of benzene rings is 1. The maximum atomic E-state index is 12.1. The van der Waals surface area contributed by atoms with E-state index in [0.29, 0.717) is 13.1 Å². The molecule has 0 bridgehead atoms. The van der Waals surface area contributed by atoms with Crippen molar-refractivity contribution in [3.05, 3.63) is 47.3 Å². The van der Waals surface area contributed by atoms with Gasteiger partial charge in [-0.05, 0) is 11.6 Å². The van der Waals surface area contributed by atoms with Crippen molar-refractivity contribution in [2.75, 3.05) is 13.6 Å². The third-order valence-corrected chi connectivity index (χ3v) is 2.73. The van der Waals surface area contributed by atoms with Gasteiger partial charge in [0.15, 0.2) is 5.69 Å². The van der Waals surface area contributed by atoms with Gasteiger partial charge in [0, 0.05) is 19.2 Å². The molecule has 1 aromatic carbocycles. The summed E-state index contributed by atoms with van der Waals surface area (Å²) in [5, 5.41) is 9.83. The number of H-pyrrole nitrogens is 1. The monoisotopic (exact) mass is 269 g/mol. The number of hydrogen-bond donors (Lipinski definition) is 2. The van der Waals surface area contributed by atoms with Gasteiger partial charge in [0.25, 0.3) is 5.91 Å². The van der Waals surface area contributed by atoms with Gasteiger partial charge in [-0.1, -0.05) is 30.0 Å². The van der Waals surface area contributed by atoms with Crippen molar-refractivity contribution in [3.8, 4) is 11.8 Å². The molecule has 0 fully saturated rings. The van der Waals surface area contributed by atoms with Crippen LogP contribution in [0, 0.1) is 11.8 Å². The van der Waals surface area contributed by atoms with Crippen molar-refractivity contribution in [1.29, 1.82) is 0 Å². The number of nitrogens with one attached hydrogen (secondary N) is 1. The maximum Gasteiger partial charge on any atom is 0.276 e. The third kappa shape index (κ3) is 3.22. The number of rotatable bonds is 3. The molecule has 6 heteroatoms. The third-order valence-electron chi connectivity index (χ3n) is 2.73. The molecule has 2 aromatic rings. The minimum Gasteiger partial charge on any atom is -0.336 e. The molecule has 3 N–H and O–H groups in total. The van der Waals surface area contributed by atoms with E-state index in [2.05, 4.69) is 27.3 Å². The molecular formula is C14H15N5O. The molecule has 102 valence electrons. The first kappa shape index (κ1) is 13.8. The lowest BCUT2D eigenvalue weighted by molar-refractivity contribution is 0.0779. The Morgan fingerprint density at radius 3 is 2.95 bits per heavy atom. The van der Waals surface area contributed by atoms with Crippen LogP contribution in [0.2, 0.25) is 0 Å². The van der Waals surface area contributed by atoms with Crippen LogP contribution in [0.3, 0.4) is 0 Å². The highest BCUT2D eigenvalue weighted by Gasteiger charge is 2.15. The first-order valence-electron chi connectivity index (χ1n) is 6.10. The molecule has 2 rings (SSSR count). The molecule has 1 heterocycles. The van der Waals surface area contributed by atoms with E-state index in [1.165, 1.54) is 6.20 Å². The molecular weight excluding hydrogens is 254 g/mol. The number of carbonyl (C=O) groups is 1. The number of amides is 1. The summed E-state index contributed by atoms with van der Waals surface area (Å²) in [5.74, 6) is 5.63. The first-order chi connectivity index (χ1) is 9.72. The Labute approximate surface area is 117 Å². The molecule has 0 radical (unpaired) electrons. The van der Waals surface area contributed by atoms with Crippen LogP contribution in [0.25, 0.3) is 0 Å². The molecule has 1 aromatic heterocycles. The molecule has 0 unspecified atom stereocenters. The van der Waals surface area contributed by atoms with E-state index in [9.17, 15) is 4.79 Å². The summed E-state index contributed by atoms with van der Waals surface area (Å²) in [6, 6.07) is 7.67. The van der Waals surface area contributed by atoms with Crippen LogP contribution < -0.4 is 5.73 Å². The number of aromatic nitrogens is 3. The minimum atomic E-state index is -0.194. The van der Waals surface area contributed by atoms with E-state index < -0.39 is 0 Å². The van der Waals surface area contributed by atoms with Gasteiger partial charge in [-0.3, -0.25) is 4.79 Å². The summed E-state index contributed by atoms with van der Waals surface area (Å²) in [7, 11) is 1.71. The van der Waals surface area contributed by atoms with Crippen LogP contribution in [0.1, 0.15) is 21.6 Å². The van der Waals surface area contributed by atoms with E-state index in [-0.39, 0.29) is 11.6 Å². The Morgan fingerprint density at radius 1 is 1.45 bits per heavy atom. The Balaban J connectivity index is 2.15. The average Bonchev–Trinajstić information content (AvgIpc) is 2.99. The highest BCUT2D eigenvalue weighted by molar-refractivity contribution is 5.91. The summed E-state index contributed by atoms with van der Waals surface area (Å²) in [6.45, 7) is 0.753. The largest absolute Gasteiger partial charge is 0.336 e. The van der Waals surface area contributed by atoms with Crippen molar-refractivity contribution in [1.82, 2.24) is 20.3 Å². The molecule has 1 amide bonds. The lowest BCUT2D eigenvalue weighted by Gasteiger charge is -2.16. The van der Waals surface area contributed by atoms with Crippen molar-refractivity contribution in [3.63, 3.8) is 0 Å². The van der Waals surface area contributed by atoms with Gasteiger partial charge in [-0.25, -0.2) is 0 Å². The Kier molecular flexibility index (Phi) is 4.47. The summed E-state index contributed by atoms with van der Waals surface area (Å²) in [4.78, 5) is 13.7. The van der Waals surface area contributed by atoms with Crippen LogP contribution in [0.5, 0.6) is 0 Å². The van der Waals surface area contributed by atoms with E-state index in [4.69, 9.17) is 5.73 Å². The molecule has 0 saturated heterocycles. The summed E-state index contributed by atoms with van der Waals surface area (Å²) in [5.41, 5.74) is 7.51. The highest BCUT2D eigenvalue weighted by Crippen LogP contribution is 2.11. The predicted molar refractivity (Wildman–Crippen MR) is 74.6 cm³/mol. The molecule has 0 aliphatic heterocycles. The van der Waals surface area contributed by atoms with Crippen LogP contribution in [0.4, 0.5) is 0 Å². The Morgan fingerprint density at radius 2 is 2.25 bits per heavy atom. The van der Waals surface area contributed by atoms with Crippen LogP contribution in [-0.4, -0.2) is 39.8 Å². The van der Waals surface area contributed by atoms with E-state index in [0.717, 1.165) is 11.1 Å². The zero-order valence-corrected chi connectivity index (χ0v) is 11.1. The summed E-state index contributed by atoms with van der Waals surface area (Å²) < 4.78 is 0. The van der Waals surface area contributed by atoms with Gasteiger partial charge in [-0.2, -0.15) is 15.4 Å². The quantitative estimate of drug-likeness (QED) is 0.789. The first-order valence-corrected chi connectivity index (χ1v) is 6.10. The summed E-state index contributed by atoms with van der Waals surface area (Å²) in [6.07, 6.45) is 1.40. The SMILES string of the molecule is CN(Cc1ccccc1C#CCN)C(=O)c1cn[nH]n1. The number of nitrogens with two attached hydrogens (primary N) is 1. The standard InChI is InChI=1S/C14H15N5O/c1-19(14(20)13-9-16-18-17-13)10-12-6-3-2-5-11(12)7-4-8-15/h2-3,5-6,9H,8,10,15H2,1H3,(H,16,17,18). The van der Waals surface area contributed by atoms with Crippen LogP contribution in [0.15, 0.2) is 30.5 Å². The highest BCUT2D eigenvalue weighted by atomic mass is 16.2. The topological polar surface area (TPSA) is 87.9 Å². The number of hydrogen-bond acceptors (Lipinski definition) is 4. The molecule has 20 heavy (non-hydrogen) atoms. The fraction of sp³-hybridized carbons (Fsp3) is 0.214. The number of aromatic amines is 1. The fourth-order valence-corrected chi connectivity index (χ4v) is 1.75. The van der Waals surface area contributed by atoms with Gasteiger partial charge in [0.2, 0.25) is 0 Å². The zero-order valence-electron chi connectivity index (χ0n) is 11.1. The molecule has 0 aliphatic rings. The molecule has 0 spiro atoms. The van der Waals surface area contributed by atoms with Crippen LogP contribution in [-0.2, 0) is 6.54 Å². The predicted octanol–water partition coefficient (Wildman–Crippen LogP) is 0.387. The Hall–Kier alpha value is -2.65. The molecule has 0 saturated carbocycles. The van der Waals surface area contributed by atoms with Crippen molar-refractivity contribution < 1.29 is 4.79 Å². The number of carbonyl (C=O) groups excluding carboxylic acids is 1. The van der Waals surface area contributed by atoms with Crippen molar-refractivity contribution in [2.45, 2.75) is 6.54 Å². The molecule has 0 aliphatic carbocycles. The summed E-state index contributed by atoms with van der Waals surface area (Å²) >= 11 is 0. The van der Waals surface area contributed by atoms with Crippen LogP contribution >= 0.6 is 0 Å². The van der Waals surface area contributed by atoms with E-state index >= 15 is 0 Å².